The SMILES string of the molecule is Cc1ccc2oc(/C=C/c3ccc(/C=C/c4nc5cc(C)ccc5o4)cc3)nc2c1. The van der Waals surface area contributed by atoms with E-state index in [1.54, 1.807) is 0 Å². The molecule has 0 aliphatic carbocycles. The van der Waals surface area contributed by atoms with Crippen molar-refractivity contribution in [3.63, 3.8) is 0 Å². The van der Waals surface area contributed by atoms with E-state index < -0.39 is 0 Å². The van der Waals surface area contributed by atoms with Gasteiger partial charge in [-0.15, -0.1) is 0 Å². The van der Waals surface area contributed by atoms with Gasteiger partial charge in [0, 0.05) is 12.2 Å². The molecule has 30 heavy (non-hydrogen) atoms. The van der Waals surface area contributed by atoms with Crippen LogP contribution in [0.2, 0.25) is 0 Å². The van der Waals surface area contributed by atoms with Crippen molar-refractivity contribution in [3.8, 4) is 0 Å². The Kier molecular flexibility index (Phi) is 4.52. The van der Waals surface area contributed by atoms with E-state index >= 15 is 0 Å². The molecule has 0 radical (unpaired) electrons. The maximum atomic E-state index is 5.76. The standard InChI is InChI=1S/C26H20N2O2/c1-17-3-11-23-21(15-17)27-25(29-23)13-9-19-5-7-20(8-6-19)10-14-26-28-22-16-18(2)4-12-24(22)30-26/h3-16H,1-2H3/b13-9+,14-10+. The summed E-state index contributed by atoms with van der Waals surface area (Å²) in [6.45, 7) is 4.09. The van der Waals surface area contributed by atoms with Gasteiger partial charge in [-0.1, -0.05) is 36.4 Å². The first-order valence-corrected chi connectivity index (χ1v) is 9.83. The lowest BCUT2D eigenvalue weighted by atomic mass is 10.1. The fourth-order valence-electron chi connectivity index (χ4n) is 3.31. The number of hydrogen-bond donors (Lipinski definition) is 0. The van der Waals surface area contributed by atoms with Crippen LogP contribution in [0.1, 0.15) is 34.0 Å². The zero-order valence-electron chi connectivity index (χ0n) is 16.8. The van der Waals surface area contributed by atoms with Crippen LogP contribution < -0.4 is 0 Å². The molecule has 0 spiro atoms. The second-order valence-electron chi connectivity index (χ2n) is 7.38. The molecule has 146 valence electrons. The molecule has 0 saturated carbocycles. The fourth-order valence-corrected chi connectivity index (χ4v) is 3.31. The molecule has 0 atom stereocenters. The van der Waals surface area contributed by atoms with Crippen LogP contribution in [-0.4, -0.2) is 9.97 Å². The Morgan fingerprint density at radius 2 is 1.00 bits per heavy atom. The van der Waals surface area contributed by atoms with Crippen LogP contribution in [-0.2, 0) is 0 Å². The minimum Gasteiger partial charge on any atom is -0.437 e. The Balaban J connectivity index is 1.30. The number of fused-ring (bicyclic) bond motifs is 2. The maximum absolute atomic E-state index is 5.76. The molecule has 0 N–H and O–H groups in total. The largest absolute Gasteiger partial charge is 0.437 e. The van der Waals surface area contributed by atoms with Crippen LogP contribution in [0.3, 0.4) is 0 Å². The van der Waals surface area contributed by atoms with Crippen LogP contribution >= 0.6 is 0 Å². The molecule has 4 heteroatoms. The molecule has 0 bridgehead atoms. The lowest BCUT2D eigenvalue weighted by Gasteiger charge is -1.95. The Bertz CT molecular complexity index is 1290. The van der Waals surface area contributed by atoms with Crippen LogP contribution in [0.25, 0.3) is 46.5 Å². The monoisotopic (exact) mass is 392 g/mol. The van der Waals surface area contributed by atoms with Gasteiger partial charge in [-0.3, -0.25) is 0 Å². The average molecular weight is 392 g/mol. The predicted molar refractivity (Wildman–Crippen MR) is 122 cm³/mol. The molecule has 0 amide bonds. The first-order valence-electron chi connectivity index (χ1n) is 9.83. The number of aromatic nitrogens is 2. The topological polar surface area (TPSA) is 52.1 Å². The van der Waals surface area contributed by atoms with Gasteiger partial charge in [-0.05, 0) is 72.5 Å². The molecule has 0 fully saturated rings. The third-order valence-corrected chi connectivity index (χ3v) is 4.89. The smallest absolute Gasteiger partial charge is 0.220 e. The van der Waals surface area contributed by atoms with E-state index in [0.29, 0.717) is 11.8 Å². The Morgan fingerprint density at radius 3 is 1.43 bits per heavy atom. The molecule has 2 aromatic heterocycles. The van der Waals surface area contributed by atoms with Crippen LogP contribution in [0, 0.1) is 13.8 Å². The third kappa shape index (κ3) is 3.80. The van der Waals surface area contributed by atoms with Gasteiger partial charge in [0.25, 0.3) is 0 Å². The summed E-state index contributed by atoms with van der Waals surface area (Å²) >= 11 is 0. The van der Waals surface area contributed by atoms with Gasteiger partial charge in [0.2, 0.25) is 11.8 Å². The van der Waals surface area contributed by atoms with E-state index in [0.717, 1.165) is 33.3 Å². The van der Waals surface area contributed by atoms with Crippen molar-refractivity contribution in [2.45, 2.75) is 13.8 Å². The highest BCUT2D eigenvalue weighted by atomic mass is 16.4. The van der Waals surface area contributed by atoms with E-state index in [-0.39, 0.29) is 0 Å². The normalized spacial score (nSPS) is 12.1. The highest BCUT2D eigenvalue weighted by molar-refractivity contribution is 5.78. The van der Waals surface area contributed by atoms with Crippen molar-refractivity contribution in [2.75, 3.05) is 0 Å². The van der Waals surface area contributed by atoms with Gasteiger partial charge in [0.15, 0.2) is 11.2 Å². The fraction of sp³-hybridized carbons (Fsp3) is 0.0769. The van der Waals surface area contributed by atoms with Crippen molar-refractivity contribution < 1.29 is 8.83 Å². The number of rotatable bonds is 4. The molecule has 0 unspecified atom stereocenters. The first kappa shape index (κ1) is 18.1. The van der Waals surface area contributed by atoms with Gasteiger partial charge >= 0.3 is 0 Å². The van der Waals surface area contributed by atoms with E-state index in [4.69, 9.17) is 8.83 Å². The molecule has 0 saturated heterocycles. The molecule has 3 aromatic carbocycles. The predicted octanol–water partition coefficient (Wildman–Crippen LogP) is 6.93. The lowest BCUT2D eigenvalue weighted by molar-refractivity contribution is 0.589. The number of hydrogen-bond acceptors (Lipinski definition) is 4. The summed E-state index contributed by atoms with van der Waals surface area (Å²) in [5.41, 5.74) is 7.84. The summed E-state index contributed by atoms with van der Waals surface area (Å²) in [7, 11) is 0. The summed E-state index contributed by atoms with van der Waals surface area (Å²) in [5, 5.41) is 0. The van der Waals surface area contributed by atoms with E-state index in [2.05, 4.69) is 34.2 Å². The van der Waals surface area contributed by atoms with Crippen LogP contribution in [0.15, 0.2) is 69.5 Å². The average Bonchev–Trinajstić information content (AvgIpc) is 3.34. The lowest BCUT2D eigenvalue weighted by Crippen LogP contribution is -1.76. The van der Waals surface area contributed by atoms with Gasteiger partial charge in [0.05, 0.1) is 0 Å². The number of benzene rings is 3. The highest BCUT2D eigenvalue weighted by Gasteiger charge is 2.04. The Labute approximate surface area is 174 Å². The molecule has 0 aliphatic heterocycles. The summed E-state index contributed by atoms with van der Waals surface area (Å²) in [6, 6.07) is 20.2. The van der Waals surface area contributed by atoms with Gasteiger partial charge < -0.3 is 8.83 Å². The second-order valence-corrected chi connectivity index (χ2v) is 7.38. The molecular formula is C26H20N2O2. The van der Waals surface area contributed by atoms with Crippen LogP contribution in [0.5, 0.6) is 0 Å². The van der Waals surface area contributed by atoms with Crippen LogP contribution in [0.4, 0.5) is 0 Å². The van der Waals surface area contributed by atoms with E-state index in [9.17, 15) is 0 Å². The number of nitrogens with zero attached hydrogens (tertiary/aromatic N) is 2. The third-order valence-electron chi connectivity index (χ3n) is 4.89. The quantitative estimate of drug-likeness (QED) is 0.333. The summed E-state index contributed by atoms with van der Waals surface area (Å²) in [6.07, 6.45) is 7.77. The minimum absolute atomic E-state index is 0.603. The molecule has 5 rings (SSSR count). The van der Waals surface area contributed by atoms with Crippen molar-refractivity contribution in [1.29, 1.82) is 0 Å². The molecular weight excluding hydrogens is 372 g/mol. The highest BCUT2D eigenvalue weighted by Crippen LogP contribution is 2.20. The molecule has 4 nitrogen and oxygen atoms in total. The van der Waals surface area contributed by atoms with E-state index in [1.807, 2.05) is 74.5 Å². The Morgan fingerprint density at radius 1 is 0.567 bits per heavy atom. The van der Waals surface area contributed by atoms with Gasteiger partial charge in [-0.25, -0.2) is 9.97 Å². The molecule has 2 heterocycles. The number of oxazole rings is 2. The second kappa shape index (κ2) is 7.48. The number of aryl methyl sites for hydroxylation is 2. The van der Waals surface area contributed by atoms with E-state index in [1.165, 1.54) is 11.1 Å². The molecule has 0 aliphatic rings. The van der Waals surface area contributed by atoms with Gasteiger partial charge in [0.1, 0.15) is 11.0 Å². The summed E-state index contributed by atoms with van der Waals surface area (Å²) in [4.78, 5) is 9.02. The van der Waals surface area contributed by atoms with Crippen molar-refractivity contribution in [3.05, 3.63) is 94.7 Å². The summed E-state index contributed by atoms with van der Waals surface area (Å²) < 4.78 is 11.5. The van der Waals surface area contributed by atoms with Crippen molar-refractivity contribution in [1.82, 2.24) is 9.97 Å². The van der Waals surface area contributed by atoms with Crippen molar-refractivity contribution in [2.24, 2.45) is 0 Å². The molecule has 5 aromatic rings. The summed E-state index contributed by atoms with van der Waals surface area (Å²) in [5.74, 6) is 1.21. The Hall–Kier alpha value is -3.92. The zero-order valence-corrected chi connectivity index (χ0v) is 16.8. The minimum atomic E-state index is 0.603. The maximum Gasteiger partial charge on any atom is 0.220 e. The first-order chi connectivity index (χ1) is 14.6. The van der Waals surface area contributed by atoms with Gasteiger partial charge in [-0.2, -0.15) is 0 Å². The zero-order chi connectivity index (χ0) is 20.5. The van der Waals surface area contributed by atoms with Crippen molar-refractivity contribution >= 4 is 46.5 Å².